The highest BCUT2D eigenvalue weighted by Gasteiger charge is 2.47. The lowest BCUT2D eigenvalue weighted by Gasteiger charge is -2.41. The summed E-state index contributed by atoms with van der Waals surface area (Å²) in [6.07, 6.45) is 62.6. The van der Waals surface area contributed by atoms with Gasteiger partial charge >= 0.3 is 5.97 Å². The number of esters is 1. The summed E-state index contributed by atoms with van der Waals surface area (Å²) in [5.41, 5.74) is 0. The van der Waals surface area contributed by atoms with Crippen molar-refractivity contribution in [1.82, 2.24) is 5.32 Å². The molecule has 0 saturated carbocycles. The van der Waals surface area contributed by atoms with Crippen LogP contribution in [0.5, 0.6) is 0 Å². The molecule has 0 bridgehead atoms. The monoisotopic (exact) mass is 1140 g/mol. The molecule has 0 spiro atoms. The molecule has 11 heteroatoms. The van der Waals surface area contributed by atoms with Crippen molar-refractivity contribution >= 4 is 11.9 Å². The molecule has 472 valence electrons. The van der Waals surface area contributed by atoms with E-state index in [4.69, 9.17) is 14.2 Å². The SMILES string of the molecule is CCCCC/C=C\C/C=C\C/C=C\C/C=C\CCCCCCCCCCCCCC(=O)OC1C(OCC(NC(=O)C(O)CCCCCCCCCCCCCCCC)C(O)/C=C/CCCCCCCCCCC)OC(CO)C(O)C1O. The molecular formula is C70H127NO10. The van der Waals surface area contributed by atoms with Crippen LogP contribution in [0.4, 0.5) is 0 Å². The highest BCUT2D eigenvalue weighted by molar-refractivity contribution is 5.80. The molecular weight excluding hydrogens is 1010 g/mol. The highest BCUT2D eigenvalue weighted by atomic mass is 16.7. The van der Waals surface area contributed by atoms with Gasteiger partial charge in [0, 0.05) is 6.42 Å². The van der Waals surface area contributed by atoms with Gasteiger partial charge in [0.2, 0.25) is 5.91 Å². The van der Waals surface area contributed by atoms with Gasteiger partial charge in [-0.1, -0.05) is 293 Å². The van der Waals surface area contributed by atoms with Gasteiger partial charge in [-0.2, -0.15) is 0 Å². The van der Waals surface area contributed by atoms with Gasteiger partial charge in [-0.25, -0.2) is 0 Å². The molecule has 0 radical (unpaired) electrons. The normalized spacial score (nSPS) is 19.0. The second kappa shape index (κ2) is 57.8. The molecule has 11 nitrogen and oxygen atoms in total. The maximum atomic E-state index is 13.4. The third-order valence-electron chi connectivity index (χ3n) is 15.9. The zero-order valence-electron chi connectivity index (χ0n) is 52.4. The number of ether oxygens (including phenoxy) is 3. The van der Waals surface area contributed by atoms with Gasteiger partial charge in [0.25, 0.3) is 0 Å². The van der Waals surface area contributed by atoms with Crippen LogP contribution in [0, 0.1) is 0 Å². The molecule has 1 saturated heterocycles. The Morgan fingerprint density at radius 2 is 0.852 bits per heavy atom. The number of unbranched alkanes of at least 4 members (excludes halogenated alkanes) is 36. The largest absolute Gasteiger partial charge is 0.454 e. The molecule has 8 unspecified atom stereocenters. The minimum atomic E-state index is -1.61. The van der Waals surface area contributed by atoms with Crippen molar-refractivity contribution in [1.29, 1.82) is 0 Å². The van der Waals surface area contributed by atoms with Gasteiger partial charge in [0.05, 0.1) is 25.4 Å². The fourth-order valence-electron chi connectivity index (χ4n) is 10.5. The van der Waals surface area contributed by atoms with Crippen molar-refractivity contribution in [3.05, 3.63) is 60.8 Å². The summed E-state index contributed by atoms with van der Waals surface area (Å²) in [6.45, 7) is 5.78. The van der Waals surface area contributed by atoms with E-state index >= 15 is 0 Å². The zero-order valence-corrected chi connectivity index (χ0v) is 52.4. The molecule has 1 aliphatic rings. The number of amides is 1. The van der Waals surface area contributed by atoms with Gasteiger partial charge in [0.15, 0.2) is 12.4 Å². The summed E-state index contributed by atoms with van der Waals surface area (Å²) >= 11 is 0. The molecule has 1 aliphatic heterocycles. The van der Waals surface area contributed by atoms with E-state index in [1.165, 1.54) is 180 Å². The molecule has 1 heterocycles. The van der Waals surface area contributed by atoms with Crippen molar-refractivity contribution in [2.75, 3.05) is 13.2 Å². The van der Waals surface area contributed by atoms with Crippen LogP contribution in [0.2, 0.25) is 0 Å². The first-order chi connectivity index (χ1) is 39.7. The third-order valence-corrected chi connectivity index (χ3v) is 15.9. The van der Waals surface area contributed by atoms with E-state index in [-0.39, 0.29) is 13.0 Å². The van der Waals surface area contributed by atoms with Crippen LogP contribution < -0.4 is 5.32 Å². The summed E-state index contributed by atoms with van der Waals surface area (Å²) in [4.78, 5) is 26.6. The Balaban J connectivity index is 2.54. The van der Waals surface area contributed by atoms with Crippen LogP contribution in [0.1, 0.15) is 310 Å². The molecule has 1 amide bonds. The third kappa shape index (κ3) is 45.4. The number of nitrogens with one attached hydrogen (secondary N) is 1. The van der Waals surface area contributed by atoms with Crippen LogP contribution in [0.25, 0.3) is 0 Å². The number of allylic oxidation sites excluding steroid dienone is 9. The predicted octanol–water partition coefficient (Wildman–Crippen LogP) is 17.0. The van der Waals surface area contributed by atoms with Crippen LogP contribution in [-0.4, -0.2) is 99.6 Å². The van der Waals surface area contributed by atoms with E-state index in [0.29, 0.717) is 19.3 Å². The zero-order chi connectivity index (χ0) is 58.9. The number of hydrogen-bond donors (Lipinski definition) is 6. The maximum Gasteiger partial charge on any atom is 0.306 e. The smallest absolute Gasteiger partial charge is 0.306 e. The minimum absolute atomic E-state index is 0.120. The Morgan fingerprint density at radius 1 is 0.481 bits per heavy atom. The van der Waals surface area contributed by atoms with Gasteiger partial charge in [-0.3, -0.25) is 9.59 Å². The van der Waals surface area contributed by atoms with Crippen molar-refractivity contribution < 1.29 is 49.3 Å². The van der Waals surface area contributed by atoms with E-state index < -0.39 is 67.4 Å². The molecule has 1 rings (SSSR count). The lowest BCUT2D eigenvalue weighted by atomic mass is 9.99. The number of hydrogen-bond acceptors (Lipinski definition) is 10. The Hall–Kier alpha value is -2.64. The molecule has 0 aromatic heterocycles. The number of aliphatic hydroxyl groups excluding tert-OH is 5. The molecule has 8 atom stereocenters. The first-order valence-corrected chi connectivity index (χ1v) is 34.1. The molecule has 0 aliphatic carbocycles. The molecule has 81 heavy (non-hydrogen) atoms. The van der Waals surface area contributed by atoms with E-state index in [2.05, 4.69) is 74.7 Å². The minimum Gasteiger partial charge on any atom is -0.454 e. The van der Waals surface area contributed by atoms with E-state index in [1.807, 2.05) is 6.08 Å². The van der Waals surface area contributed by atoms with Gasteiger partial charge in [-0.15, -0.1) is 0 Å². The summed E-state index contributed by atoms with van der Waals surface area (Å²) in [5, 5.41) is 57.1. The van der Waals surface area contributed by atoms with Crippen LogP contribution >= 0.6 is 0 Å². The molecule has 0 aromatic rings. The van der Waals surface area contributed by atoms with Crippen molar-refractivity contribution in [3.8, 4) is 0 Å². The van der Waals surface area contributed by atoms with E-state index in [1.54, 1.807) is 6.08 Å². The molecule has 1 fully saturated rings. The fourth-order valence-corrected chi connectivity index (χ4v) is 10.5. The summed E-state index contributed by atoms with van der Waals surface area (Å²) in [6, 6.07) is -1.02. The number of aliphatic hydroxyl groups is 5. The lowest BCUT2D eigenvalue weighted by molar-refractivity contribution is -0.305. The van der Waals surface area contributed by atoms with Crippen molar-refractivity contribution in [3.63, 3.8) is 0 Å². The average molecular weight is 1140 g/mol. The first kappa shape index (κ1) is 76.4. The van der Waals surface area contributed by atoms with Crippen molar-refractivity contribution in [2.45, 2.75) is 359 Å². The predicted molar refractivity (Wildman–Crippen MR) is 338 cm³/mol. The van der Waals surface area contributed by atoms with Crippen molar-refractivity contribution in [2.24, 2.45) is 0 Å². The number of carbonyl (C=O) groups is 2. The Labute approximate surface area is 497 Å². The lowest BCUT2D eigenvalue weighted by Crippen LogP contribution is -2.61. The second-order valence-corrected chi connectivity index (χ2v) is 23.6. The highest BCUT2D eigenvalue weighted by Crippen LogP contribution is 2.26. The van der Waals surface area contributed by atoms with E-state index in [0.717, 1.165) is 83.5 Å². The Morgan fingerprint density at radius 3 is 1.30 bits per heavy atom. The van der Waals surface area contributed by atoms with Gasteiger partial charge in [0.1, 0.15) is 24.4 Å². The van der Waals surface area contributed by atoms with Crippen LogP contribution in [-0.2, 0) is 23.8 Å². The Bertz CT molecular complexity index is 1550. The summed E-state index contributed by atoms with van der Waals surface area (Å²) in [5.74, 6) is -1.19. The van der Waals surface area contributed by atoms with E-state index in [9.17, 15) is 35.1 Å². The number of rotatable bonds is 58. The first-order valence-electron chi connectivity index (χ1n) is 34.1. The topological polar surface area (TPSA) is 175 Å². The summed E-state index contributed by atoms with van der Waals surface area (Å²) < 4.78 is 17.7. The maximum absolute atomic E-state index is 13.4. The summed E-state index contributed by atoms with van der Waals surface area (Å²) in [7, 11) is 0. The average Bonchev–Trinajstić information content (AvgIpc) is 3.49. The van der Waals surface area contributed by atoms with Crippen LogP contribution in [0.3, 0.4) is 0 Å². The van der Waals surface area contributed by atoms with Gasteiger partial charge < -0.3 is 45.1 Å². The number of carbonyl (C=O) groups excluding carboxylic acids is 2. The van der Waals surface area contributed by atoms with Gasteiger partial charge in [-0.05, 0) is 70.6 Å². The molecule has 6 N–H and O–H groups in total. The Kier molecular flexibility index (Phi) is 54.5. The second-order valence-electron chi connectivity index (χ2n) is 23.6. The van der Waals surface area contributed by atoms with Crippen LogP contribution in [0.15, 0.2) is 60.8 Å². The standard InChI is InChI=1S/C70H127NO10/c1-4-7-10-13-16-19-22-24-26-27-28-29-30-31-32-33-34-35-36-37-38-40-43-46-49-52-55-58-65(75)81-68-67(77)66(76)64(59-72)80-70(68)79-60-61(62(73)56-53-50-47-44-41-21-18-15-12-9-6-3)71-69(78)63(74)57-54-51-48-45-42-39-25-23-20-17-14-11-8-5-2/h16,19,24,26,28-29,31-32,53,56,61-64,66-68,70,72-74,76-77H,4-15,17-18,20-23,25,27,30,33-52,54-55,57-60H2,1-3H3,(H,71,78)/b19-16-,26-24-,29-28-,32-31-,56-53+. The quantitative estimate of drug-likeness (QED) is 0.0195. The molecule has 0 aromatic carbocycles. The fraction of sp³-hybridized carbons (Fsp3) is 0.829.